The quantitative estimate of drug-likeness (QED) is 0.717. The molecule has 4 rings (SSSR count). The van der Waals surface area contributed by atoms with Crippen LogP contribution in [0.25, 0.3) is 0 Å². The Hall–Kier alpha value is -3.55. The van der Waals surface area contributed by atoms with E-state index >= 15 is 0 Å². The fourth-order valence-corrected chi connectivity index (χ4v) is 4.65. The summed E-state index contributed by atoms with van der Waals surface area (Å²) in [5.41, 5.74) is 1.98. The molecule has 2 aromatic rings. The van der Waals surface area contributed by atoms with E-state index in [0.717, 1.165) is 17.5 Å². The maximum atomic E-state index is 13.8. The Morgan fingerprint density at radius 3 is 2.29 bits per heavy atom. The lowest BCUT2D eigenvalue weighted by atomic mass is 9.93. The molecule has 2 unspecified atom stereocenters. The molecule has 1 fully saturated rings. The number of fused-ring (bicyclic) bond motifs is 1. The van der Waals surface area contributed by atoms with Gasteiger partial charge in [-0.15, -0.1) is 0 Å². The van der Waals surface area contributed by atoms with Crippen molar-refractivity contribution in [3.8, 4) is 5.75 Å². The van der Waals surface area contributed by atoms with Crippen molar-refractivity contribution in [2.75, 3.05) is 19.0 Å². The predicted molar refractivity (Wildman–Crippen MR) is 132 cm³/mol. The van der Waals surface area contributed by atoms with Gasteiger partial charge in [-0.05, 0) is 69.0 Å². The van der Waals surface area contributed by atoms with Crippen molar-refractivity contribution in [3.63, 3.8) is 0 Å². The normalized spacial score (nSPS) is 19.7. The van der Waals surface area contributed by atoms with Gasteiger partial charge in [-0.3, -0.25) is 14.5 Å². The summed E-state index contributed by atoms with van der Waals surface area (Å²) in [6, 6.07) is 13.6. The summed E-state index contributed by atoms with van der Waals surface area (Å²) >= 11 is 0. The molecule has 0 spiro atoms. The summed E-state index contributed by atoms with van der Waals surface area (Å²) in [4.78, 5) is 43.2. The van der Waals surface area contributed by atoms with Gasteiger partial charge < -0.3 is 19.7 Å². The second-order valence-electron chi connectivity index (χ2n) is 10.0. The maximum absolute atomic E-state index is 13.8. The number of nitrogens with zero attached hydrogens (tertiary/aromatic N) is 2. The van der Waals surface area contributed by atoms with Crippen LogP contribution in [0.3, 0.4) is 0 Å². The Bertz CT molecular complexity index is 1090. The van der Waals surface area contributed by atoms with Gasteiger partial charge in [-0.25, -0.2) is 4.79 Å². The third kappa shape index (κ3) is 5.58. The van der Waals surface area contributed by atoms with Crippen molar-refractivity contribution in [3.05, 3.63) is 59.7 Å². The zero-order chi connectivity index (χ0) is 25.2. The van der Waals surface area contributed by atoms with Crippen LogP contribution < -0.4 is 10.1 Å². The summed E-state index contributed by atoms with van der Waals surface area (Å²) in [5, 5.41) is 2.91. The summed E-state index contributed by atoms with van der Waals surface area (Å²) < 4.78 is 10.8. The third-order valence-corrected chi connectivity index (χ3v) is 6.36. The van der Waals surface area contributed by atoms with Crippen molar-refractivity contribution in [1.82, 2.24) is 9.80 Å². The van der Waals surface area contributed by atoms with Gasteiger partial charge in [0.05, 0.1) is 13.7 Å². The Morgan fingerprint density at radius 2 is 1.63 bits per heavy atom. The number of hydrogen-bond donors (Lipinski definition) is 1. The molecule has 8 nitrogen and oxygen atoms in total. The zero-order valence-electron chi connectivity index (χ0n) is 20.7. The van der Waals surface area contributed by atoms with Crippen LogP contribution in [0.5, 0.6) is 5.75 Å². The van der Waals surface area contributed by atoms with Crippen LogP contribution in [0, 0.1) is 0 Å². The van der Waals surface area contributed by atoms with Crippen LogP contribution in [0.2, 0.25) is 0 Å². The molecule has 35 heavy (non-hydrogen) atoms. The van der Waals surface area contributed by atoms with Crippen molar-refractivity contribution in [1.29, 1.82) is 0 Å². The highest BCUT2D eigenvalue weighted by molar-refractivity contribution is 5.98. The first-order valence-electron chi connectivity index (χ1n) is 12.0. The number of carbonyl (C=O) groups is 3. The average molecular weight is 480 g/mol. The lowest BCUT2D eigenvalue weighted by Gasteiger charge is -2.39. The minimum absolute atomic E-state index is 0.224. The number of methoxy groups -OCH3 is 1. The van der Waals surface area contributed by atoms with E-state index in [1.807, 2.05) is 24.3 Å². The van der Waals surface area contributed by atoms with E-state index in [1.54, 1.807) is 57.0 Å². The fourth-order valence-electron chi connectivity index (χ4n) is 4.65. The molecule has 0 radical (unpaired) electrons. The molecule has 2 aliphatic rings. The first kappa shape index (κ1) is 24.6. The number of anilines is 1. The van der Waals surface area contributed by atoms with Gasteiger partial charge in [-0.1, -0.05) is 24.3 Å². The van der Waals surface area contributed by atoms with Gasteiger partial charge in [0, 0.05) is 18.7 Å². The molecule has 186 valence electrons. The molecule has 0 saturated carbocycles. The van der Waals surface area contributed by atoms with Crippen LogP contribution >= 0.6 is 0 Å². The third-order valence-electron chi connectivity index (χ3n) is 6.36. The molecule has 0 aromatic heterocycles. The molecule has 0 aliphatic carbocycles. The van der Waals surface area contributed by atoms with E-state index in [4.69, 9.17) is 9.47 Å². The summed E-state index contributed by atoms with van der Waals surface area (Å²) in [6.07, 6.45) is 1.16. The Kier molecular flexibility index (Phi) is 7.00. The van der Waals surface area contributed by atoms with Crippen LogP contribution in [0.4, 0.5) is 10.5 Å². The number of hydrogen-bond acceptors (Lipinski definition) is 5. The van der Waals surface area contributed by atoms with E-state index < -0.39 is 23.8 Å². The minimum atomic E-state index is -0.728. The van der Waals surface area contributed by atoms with E-state index in [-0.39, 0.29) is 18.4 Å². The number of nitrogens with one attached hydrogen (secondary N) is 1. The number of amides is 3. The number of benzene rings is 2. The van der Waals surface area contributed by atoms with Crippen molar-refractivity contribution in [2.45, 2.75) is 64.3 Å². The minimum Gasteiger partial charge on any atom is -0.497 e. The van der Waals surface area contributed by atoms with Gasteiger partial charge in [0.15, 0.2) is 0 Å². The van der Waals surface area contributed by atoms with Gasteiger partial charge in [-0.2, -0.15) is 0 Å². The van der Waals surface area contributed by atoms with E-state index in [0.29, 0.717) is 30.8 Å². The molecule has 2 aromatic carbocycles. The van der Waals surface area contributed by atoms with Crippen LogP contribution in [-0.2, 0) is 27.3 Å². The van der Waals surface area contributed by atoms with Crippen LogP contribution in [-0.4, -0.2) is 59.0 Å². The first-order chi connectivity index (χ1) is 16.7. The number of likely N-dealkylation sites (tertiary alicyclic amines) is 1. The van der Waals surface area contributed by atoms with Crippen LogP contribution in [0.15, 0.2) is 48.5 Å². The molecular formula is C27H33N3O5. The van der Waals surface area contributed by atoms with Gasteiger partial charge in [0.1, 0.15) is 23.4 Å². The summed E-state index contributed by atoms with van der Waals surface area (Å²) in [7, 11) is 1.58. The molecule has 3 amide bonds. The first-order valence-corrected chi connectivity index (χ1v) is 12.0. The SMILES string of the molecule is COc1ccc(NC(=O)C2CCCN2C(=O)C2Cc3ccccc3CN2C(=O)OC(C)(C)C)cc1. The fraction of sp³-hybridized carbons (Fsp3) is 0.444. The molecule has 2 atom stereocenters. The highest BCUT2D eigenvalue weighted by Crippen LogP contribution is 2.29. The zero-order valence-corrected chi connectivity index (χ0v) is 20.7. The van der Waals surface area contributed by atoms with Crippen LogP contribution in [0.1, 0.15) is 44.7 Å². The second kappa shape index (κ2) is 9.98. The molecule has 2 heterocycles. The highest BCUT2D eigenvalue weighted by Gasteiger charge is 2.43. The largest absolute Gasteiger partial charge is 0.497 e. The lowest BCUT2D eigenvalue weighted by molar-refractivity contribution is -0.141. The molecule has 1 saturated heterocycles. The Balaban J connectivity index is 1.54. The number of ether oxygens (including phenoxy) is 2. The van der Waals surface area contributed by atoms with Crippen molar-refractivity contribution in [2.24, 2.45) is 0 Å². The highest BCUT2D eigenvalue weighted by atomic mass is 16.6. The summed E-state index contributed by atoms with van der Waals surface area (Å²) in [6.45, 7) is 6.18. The van der Waals surface area contributed by atoms with Crippen molar-refractivity contribution >= 4 is 23.6 Å². The molecule has 2 aliphatic heterocycles. The number of rotatable bonds is 4. The average Bonchev–Trinajstić information content (AvgIpc) is 3.32. The molecule has 1 N–H and O–H groups in total. The van der Waals surface area contributed by atoms with E-state index in [9.17, 15) is 14.4 Å². The van der Waals surface area contributed by atoms with Gasteiger partial charge >= 0.3 is 6.09 Å². The van der Waals surface area contributed by atoms with Gasteiger partial charge in [0.2, 0.25) is 11.8 Å². The Labute approximate surface area is 206 Å². The molecule has 8 heteroatoms. The predicted octanol–water partition coefficient (Wildman–Crippen LogP) is 3.99. The van der Waals surface area contributed by atoms with E-state index in [2.05, 4.69) is 5.32 Å². The second-order valence-corrected chi connectivity index (χ2v) is 10.0. The maximum Gasteiger partial charge on any atom is 0.411 e. The van der Waals surface area contributed by atoms with Gasteiger partial charge in [0.25, 0.3) is 0 Å². The lowest BCUT2D eigenvalue weighted by Crippen LogP contribution is -2.56. The smallest absolute Gasteiger partial charge is 0.411 e. The molecular weight excluding hydrogens is 446 g/mol. The monoisotopic (exact) mass is 479 g/mol. The van der Waals surface area contributed by atoms with E-state index in [1.165, 1.54) is 4.90 Å². The van der Waals surface area contributed by atoms with Crippen molar-refractivity contribution < 1.29 is 23.9 Å². The standard InChI is InChI=1S/C27H33N3O5/c1-27(2,3)35-26(33)30-17-19-9-6-5-8-18(19)16-23(30)25(32)29-15-7-10-22(29)24(31)28-20-11-13-21(34-4)14-12-20/h5-6,8-9,11-14,22-23H,7,10,15-17H2,1-4H3,(H,28,31). The Morgan fingerprint density at radius 1 is 0.943 bits per heavy atom. The molecule has 0 bridgehead atoms. The topological polar surface area (TPSA) is 88.2 Å². The number of carbonyl (C=O) groups excluding carboxylic acids is 3. The summed E-state index contributed by atoms with van der Waals surface area (Å²) in [5.74, 6) is 0.235.